The van der Waals surface area contributed by atoms with Crippen LogP contribution in [0.5, 0.6) is 17.2 Å². The molecule has 27 heavy (non-hydrogen) atoms. The molecule has 0 saturated heterocycles. The van der Waals surface area contributed by atoms with Gasteiger partial charge >= 0.3 is 0 Å². The fourth-order valence-corrected chi connectivity index (χ4v) is 6.35. The highest BCUT2D eigenvalue weighted by molar-refractivity contribution is 5.95. The topological polar surface area (TPSA) is 56.8 Å². The third-order valence-corrected chi connectivity index (χ3v) is 7.28. The maximum Gasteiger partial charge on any atom is 0.251 e. The van der Waals surface area contributed by atoms with Crippen molar-refractivity contribution in [1.82, 2.24) is 5.32 Å². The van der Waals surface area contributed by atoms with E-state index in [4.69, 9.17) is 14.2 Å². The number of nitrogens with one attached hydrogen (secondary N) is 1. The predicted octanol–water partition coefficient (Wildman–Crippen LogP) is 4.05. The lowest BCUT2D eigenvalue weighted by atomic mass is 9.48. The summed E-state index contributed by atoms with van der Waals surface area (Å²) >= 11 is 0. The van der Waals surface area contributed by atoms with Crippen molar-refractivity contribution in [3.63, 3.8) is 0 Å². The minimum atomic E-state index is -0.0718. The average molecular weight is 373 g/mol. The smallest absolute Gasteiger partial charge is 0.251 e. The molecule has 0 radical (unpaired) electrons. The largest absolute Gasteiger partial charge is 0.493 e. The molecule has 1 N–H and O–H groups in total. The van der Waals surface area contributed by atoms with E-state index in [1.165, 1.54) is 38.5 Å². The number of carbonyl (C=O) groups excluding carboxylic acids is 1. The molecule has 5 rings (SSSR count). The minimum Gasteiger partial charge on any atom is -0.493 e. The number of methoxy groups -OCH3 is 3. The Morgan fingerprint density at radius 2 is 1.44 bits per heavy atom. The second-order valence-electron chi connectivity index (χ2n) is 8.89. The van der Waals surface area contributed by atoms with Crippen LogP contribution >= 0.6 is 0 Å². The van der Waals surface area contributed by atoms with E-state index in [1.807, 2.05) is 0 Å². The van der Waals surface area contributed by atoms with Crippen LogP contribution in [0.15, 0.2) is 12.1 Å². The second-order valence-corrected chi connectivity index (χ2v) is 8.89. The molecule has 0 aromatic heterocycles. The Morgan fingerprint density at radius 3 is 1.85 bits per heavy atom. The monoisotopic (exact) mass is 373 g/mol. The van der Waals surface area contributed by atoms with Gasteiger partial charge in [0.15, 0.2) is 11.5 Å². The fourth-order valence-electron chi connectivity index (χ4n) is 6.35. The van der Waals surface area contributed by atoms with E-state index >= 15 is 0 Å². The summed E-state index contributed by atoms with van der Waals surface area (Å²) < 4.78 is 16.1. The van der Waals surface area contributed by atoms with Crippen molar-refractivity contribution in [1.29, 1.82) is 0 Å². The SMILES string of the molecule is COc1cc(C(=O)N[C@H](C)C23CC4CC(CC(C4)C2)C3)cc(OC)c1OC. The molecule has 4 saturated carbocycles. The molecule has 1 aromatic rings. The molecule has 148 valence electrons. The highest BCUT2D eigenvalue weighted by atomic mass is 16.5. The molecule has 4 fully saturated rings. The van der Waals surface area contributed by atoms with Crippen molar-refractivity contribution in [2.75, 3.05) is 21.3 Å². The van der Waals surface area contributed by atoms with Crippen LogP contribution in [0, 0.1) is 23.2 Å². The number of ether oxygens (including phenoxy) is 3. The maximum absolute atomic E-state index is 13.0. The first-order valence-corrected chi connectivity index (χ1v) is 10.1. The van der Waals surface area contributed by atoms with Crippen LogP contribution in [0.3, 0.4) is 0 Å². The molecule has 0 heterocycles. The number of hydrogen-bond acceptors (Lipinski definition) is 4. The van der Waals surface area contributed by atoms with E-state index < -0.39 is 0 Å². The van der Waals surface area contributed by atoms with Crippen molar-refractivity contribution >= 4 is 5.91 Å². The first-order valence-electron chi connectivity index (χ1n) is 10.1. The standard InChI is InChI=1S/C22H31NO4/c1-13(22-10-14-5-15(11-22)7-16(6-14)12-22)23-21(24)17-8-18(25-2)20(27-4)19(9-17)26-3/h8-9,13-16H,5-7,10-12H2,1-4H3,(H,23,24)/t13-,14?,15?,16?,22?/m1/s1. The van der Waals surface area contributed by atoms with Crippen molar-refractivity contribution in [2.24, 2.45) is 23.2 Å². The van der Waals surface area contributed by atoms with Gasteiger partial charge in [-0.3, -0.25) is 4.79 Å². The molecule has 1 aromatic carbocycles. The lowest BCUT2D eigenvalue weighted by molar-refractivity contribution is -0.0688. The summed E-state index contributed by atoms with van der Waals surface area (Å²) in [5.41, 5.74) is 0.825. The predicted molar refractivity (Wildman–Crippen MR) is 104 cm³/mol. The third kappa shape index (κ3) is 3.15. The van der Waals surface area contributed by atoms with Gasteiger partial charge in [-0.1, -0.05) is 0 Å². The summed E-state index contributed by atoms with van der Waals surface area (Å²) in [7, 11) is 4.70. The summed E-state index contributed by atoms with van der Waals surface area (Å²) in [6.07, 6.45) is 8.05. The zero-order valence-electron chi connectivity index (χ0n) is 16.8. The molecule has 4 aliphatic rings. The Hall–Kier alpha value is -1.91. The number of rotatable bonds is 6. The van der Waals surface area contributed by atoms with E-state index in [0.717, 1.165) is 17.8 Å². The van der Waals surface area contributed by atoms with Crippen molar-refractivity contribution < 1.29 is 19.0 Å². The summed E-state index contributed by atoms with van der Waals surface area (Å²) in [5.74, 6) is 4.06. The Balaban J connectivity index is 1.54. The van der Waals surface area contributed by atoms with Crippen LogP contribution < -0.4 is 19.5 Å². The molecule has 4 aliphatic carbocycles. The zero-order chi connectivity index (χ0) is 19.2. The van der Waals surface area contributed by atoms with Gasteiger partial charge in [0.1, 0.15) is 0 Å². The van der Waals surface area contributed by atoms with Crippen LogP contribution in [-0.2, 0) is 0 Å². The van der Waals surface area contributed by atoms with E-state index in [2.05, 4.69) is 12.2 Å². The third-order valence-electron chi connectivity index (χ3n) is 7.28. The summed E-state index contributed by atoms with van der Waals surface area (Å²) in [6.45, 7) is 2.20. The average Bonchev–Trinajstić information content (AvgIpc) is 2.65. The lowest BCUT2D eigenvalue weighted by Crippen LogP contribution is -2.55. The quantitative estimate of drug-likeness (QED) is 0.817. The van der Waals surface area contributed by atoms with Crippen LogP contribution in [-0.4, -0.2) is 33.3 Å². The number of benzene rings is 1. The summed E-state index contributed by atoms with van der Waals surface area (Å²) in [5, 5.41) is 3.30. The van der Waals surface area contributed by atoms with E-state index in [1.54, 1.807) is 33.5 Å². The highest BCUT2D eigenvalue weighted by Gasteiger charge is 2.53. The highest BCUT2D eigenvalue weighted by Crippen LogP contribution is 2.61. The fraction of sp³-hybridized carbons (Fsp3) is 0.682. The summed E-state index contributed by atoms with van der Waals surface area (Å²) in [6, 6.07) is 3.63. The minimum absolute atomic E-state index is 0.0718. The van der Waals surface area contributed by atoms with Gasteiger partial charge in [-0.25, -0.2) is 0 Å². The van der Waals surface area contributed by atoms with Gasteiger partial charge in [0.25, 0.3) is 5.91 Å². The molecule has 1 amide bonds. The molecule has 5 heteroatoms. The van der Waals surface area contributed by atoms with Crippen LogP contribution in [0.2, 0.25) is 0 Å². The van der Waals surface area contributed by atoms with Gasteiger partial charge < -0.3 is 19.5 Å². The van der Waals surface area contributed by atoms with Gasteiger partial charge in [0.05, 0.1) is 21.3 Å². The van der Waals surface area contributed by atoms with Gasteiger partial charge in [-0.2, -0.15) is 0 Å². The zero-order valence-corrected chi connectivity index (χ0v) is 16.8. The van der Waals surface area contributed by atoms with Gasteiger partial charge in [-0.05, 0) is 80.8 Å². The molecule has 1 atom stereocenters. The van der Waals surface area contributed by atoms with Crippen LogP contribution in [0.1, 0.15) is 55.8 Å². The number of carbonyl (C=O) groups is 1. The van der Waals surface area contributed by atoms with E-state index in [-0.39, 0.29) is 17.4 Å². The molecule has 0 aliphatic heterocycles. The van der Waals surface area contributed by atoms with Gasteiger partial charge in [-0.15, -0.1) is 0 Å². The number of hydrogen-bond donors (Lipinski definition) is 1. The molecular formula is C22H31NO4. The normalized spacial score (nSPS) is 32.1. The van der Waals surface area contributed by atoms with Crippen molar-refractivity contribution in [3.8, 4) is 17.2 Å². The van der Waals surface area contributed by atoms with Crippen molar-refractivity contribution in [3.05, 3.63) is 17.7 Å². The molecular weight excluding hydrogens is 342 g/mol. The molecule has 0 spiro atoms. The van der Waals surface area contributed by atoms with Crippen molar-refractivity contribution in [2.45, 2.75) is 51.5 Å². The van der Waals surface area contributed by atoms with Crippen LogP contribution in [0.25, 0.3) is 0 Å². The Labute approximate surface area is 161 Å². The van der Waals surface area contributed by atoms with E-state index in [9.17, 15) is 4.79 Å². The first-order chi connectivity index (χ1) is 13.0. The second kappa shape index (κ2) is 6.92. The van der Waals surface area contributed by atoms with Gasteiger partial charge in [0.2, 0.25) is 5.75 Å². The first kappa shape index (κ1) is 18.5. The van der Waals surface area contributed by atoms with E-state index in [0.29, 0.717) is 22.8 Å². The molecule has 4 bridgehead atoms. The summed E-state index contributed by atoms with van der Waals surface area (Å²) in [4.78, 5) is 13.0. The Bertz CT molecular complexity index is 669. The Morgan fingerprint density at radius 1 is 0.963 bits per heavy atom. The molecule has 5 nitrogen and oxygen atoms in total. The van der Waals surface area contributed by atoms with Gasteiger partial charge in [0, 0.05) is 11.6 Å². The lowest BCUT2D eigenvalue weighted by Gasteiger charge is -2.59. The Kier molecular flexibility index (Phi) is 4.73. The molecule has 0 unspecified atom stereocenters. The van der Waals surface area contributed by atoms with Crippen LogP contribution in [0.4, 0.5) is 0 Å². The maximum atomic E-state index is 13.0. The number of amides is 1.